The number of rotatable bonds is 6. The largest absolute Gasteiger partial charge is 0.366 e. The van der Waals surface area contributed by atoms with Gasteiger partial charge in [-0.2, -0.15) is 0 Å². The van der Waals surface area contributed by atoms with Crippen molar-refractivity contribution in [2.75, 3.05) is 13.6 Å². The second kappa shape index (κ2) is 7.86. The van der Waals surface area contributed by atoms with Crippen LogP contribution in [0.1, 0.15) is 34.0 Å². The predicted molar refractivity (Wildman–Crippen MR) is 96.8 cm³/mol. The summed E-state index contributed by atoms with van der Waals surface area (Å²) in [4.78, 5) is 19.0. The van der Waals surface area contributed by atoms with Crippen molar-refractivity contribution in [2.45, 2.75) is 27.2 Å². The van der Waals surface area contributed by atoms with Crippen LogP contribution in [0.15, 0.2) is 41.4 Å². The van der Waals surface area contributed by atoms with E-state index in [1.807, 2.05) is 37.9 Å². The Morgan fingerprint density at radius 2 is 1.92 bits per heavy atom. The summed E-state index contributed by atoms with van der Waals surface area (Å²) in [6.07, 6.45) is 1.84. The highest BCUT2D eigenvalue weighted by Gasteiger charge is 2.14. The molecule has 2 aromatic carbocycles. The van der Waals surface area contributed by atoms with E-state index in [-0.39, 0.29) is 18.0 Å². The Bertz CT molecular complexity index is 768. The highest BCUT2D eigenvalue weighted by Crippen LogP contribution is 2.24. The van der Waals surface area contributed by atoms with Gasteiger partial charge in [0.2, 0.25) is 0 Å². The molecule has 0 heterocycles. The number of aliphatic imine (C=N–C) groups is 1. The Labute approximate surface area is 142 Å². The Hall–Kier alpha value is -2.49. The monoisotopic (exact) mass is 326 g/mol. The molecule has 0 unspecified atom stereocenters. The number of hydrogen-bond acceptors (Lipinski definition) is 2. The van der Waals surface area contributed by atoms with Crippen LogP contribution in [0.25, 0.3) is 0 Å². The molecule has 3 nitrogen and oxygen atoms in total. The summed E-state index contributed by atoms with van der Waals surface area (Å²) < 4.78 is 13.7. The molecule has 0 atom stereocenters. The number of nitrogens with zero attached hydrogens (tertiary/aromatic N) is 2. The van der Waals surface area contributed by atoms with Gasteiger partial charge < -0.3 is 4.90 Å². The molecule has 0 aliphatic heterocycles. The normalized spacial score (nSPS) is 11.0. The van der Waals surface area contributed by atoms with Crippen LogP contribution in [-0.4, -0.2) is 30.6 Å². The highest BCUT2D eigenvalue weighted by atomic mass is 19.1. The number of benzene rings is 2. The number of ketones is 1. The van der Waals surface area contributed by atoms with Crippen molar-refractivity contribution < 1.29 is 9.18 Å². The maximum Gasteiger partial charge on any atom is 0.167 e. The van der Waals surface area contributed by atoms with Crippen molar-refractivity contribution in [3.8, 4) is 0 Å². The lowest BCUT2D eigenvalue weighted by Gasteiger charge is -2.11. The van der Waals surface area contributed by atoms with E-state index in [9.17, 15) is 9.18 Å². The fourth-order valence-electron chi connectivity index (χ4n) is 2.39. The van der Waals surface area contributed by atoms with E-state index in [1.165, 1.54) is 6.07 Å². The smallest absolute Gasteiger partial charge is 0.167 e. The number of halogens is 1. The summed E-state index contributed by atoms with van der Waals surface area (Å²) in [5.74, 6) is -0.425. The van der Waals surface area contributed by atoms with Gasteiger partial charge in [0.25, 0.3) is 0 Å². The van der Waals surface area contributed by atoms with E-state index >= 15 is 0 Å². The highest BCUT2D eigenvalue weighted by molar-refractivity contribution is 5.99. The van der Waals surface area contributed by atoms with Crippen molar-refractivity contribution in [1.82, 2.24) is 4.90 Å². The van der Waals surface area contributed by atoms with Crippen molar-refractivity contribution in [1.29, 1.82) is 0 Å². The molecule has 0 N–H and O–H groups in total. The minimum Gasteiger partial charge on any atom is -0.366 e. The molecular formula is C20H23FN2O. The number of carbonyl (C=O) groups excluding carboxylic acids is 1. The Balaban J connectivity index is 2.25. The van der Waals surface area contributed by atoms with E-state index in [4.69, 9.17) is 0 Å². The molecule has 0 aliphatic rings. The summed E-state index contributed by atoms with van der Waals surface area (Å²) >= 11 is 0. The Morgan fingerprint density at radius 3 is 2.58 bits per heavy atom. The van der Waals surface area contributed by atoms with Crippen molar-refractivity contribution in [2.24, 2.45) is 4.99 Å². The molecule has 0 amide bonds. The molecule has 0 spiro atoms. The molecule has 0 saturated heterocycles. The fourth-order valence-corrected chi connectivity index (χ4v) is 2.39. The summed E-state index contributed by atoms with van der Waals surface area (Å²) in [7, 11) is 1.96. The zero-order valence-electron chi connectivity index (χ0n) is 14.6. The molecule has 2 aromatic rings. The van der Waals surface area contributed by atoms with Gasteiger partial charge in [0, 0.05) is 25.6 Å². The summed E-state index contributed by atoms with van der Waals surface area (Å²) in [5, 5.41) is 0. The fraction of sp³-hybridized carbons (Fsp3) is 0.300. The van der Waals surface area contributed by atoms with Crippen LogP contribution in [0.4, 0.5) is 10.1 Å². The van der Waals surface area contributed by atoms with Gasteiger partial charge in [0.15, 0.2) is 5.78 Å². The standard InChI is InChI=1S/C20H23FN2O/c1-5-23(4)13-22-19-11-14(2)17(10-15(19)3)20(24)12-16-8-6-7-9-18(16)21/h6-11,13H,5,12H2,1-4H3. The molecule has 126 valence electrons. The first-order valence-corrected chi connectivity index (χ1v) is 8.04. The quantitative estimate of drug-likeness (QED) is 0.445. The van der Waals surface area contributed by atoms with E-state index in [1.54, 1.807) is 24.5 Å². The van der Waals surface area contributed by atoms with Crippen LogP contribution in [0.3, 0.4) is 0 Å². The summed E-state index contributed by atoms with van der Waals surface area (Å²) in [6.45, 7) is 6.74. The molecule has 0 radical (unpaired) electrons. The third kappa shape index (κ3) is 4.28. The van der Waals surface area contributed by atoms with Gasteiger partial charge in [0.05, 0.1) is 12.0 Å². The lowest BCUT2D eigenvalue weighted by molar-refractivity contribution is 0.0991. The number of hydrogen-bond donors (Lipinski definition) is 0. The molecule has 0 aromatic heterocycles. The zero-order chi connectivity index (χ0) is 17.7. The van der Waals surface area contributed by atoms with Gasteiger partial charge in [-0.05, 0) is 55.7 Å². The predicted octanol–water partition coefficient (Wildman–Crippen LogP) is 4.48. The van der Waals surface area contributed by atoms with Gasteiger partial charge in [0.1, 0.15) is 5.82 Å². The van der Waals surface area contributed by atoms with Crippen molar-refractivity contribution >= 4 is 17.8 Å². The summed E-state index contributed by atoms with van der Waals surface area (Å²) in [6, 6.07) is 10.1. The molecule has 2 rings (SSSR count). The average molecular weight is 326 g/mol. The SMILES string of the molecule is CCN(C)C=Nc1cc(C)c(C(=O)Cc2ccccc2F)cc1C. The minimum absolute atomic E-state index is 0.0636. The molecule has 0 bridgehead atoms. The van der Waals surface area contributed by atoms with Gasteiger partial charge in [-0.3, -0.25) is 4.79 Å². The number of aryl methyl sites for hydroxylation is 2. The second-order valence-corrected chi connectivity index (χ2v) is 5.96. The molecule has 0 saturated carbocycles. The molecule has 24 heavy (non-hydrogen) atoms. The van der Waals surface area contributed by atoms with Crippen LogP contribution >= 0.6 is 0 Å². The lowest BCUT2D eigenvalue weighted by atomic mass is 9.96. The molecule has 0 aliphatic carbocycles. The van der Waals surface area contributed by atoms with Crippen molar-refractivity contribution in [3.05, 3.63) is 64.5 Å². The Kier molecular flexibility index (Phi) is 5.85. The lowest BCUT2D eigenvalue weighted by Crippen LogP contribution is -2.14. The molecule has 4 heteroatoms. The van der Waals surface area contributed by atoms with Gasteiger partial charge in [-0.1, -0.05) is 18.2 Å². The van der Waals surface area contributed by atoms with Gasteiger partial charge in [-0.25, -0.2) is 9.38 Å². The van der Waals surface area contributed by atoms with Gasteiger partial charge >= 0.3 is 0 Å². The third-order valence-electron chi connectivity index (χ3n) is 4.04. The van der Waals surface area contributed by atoms with Crippen LogP contribution < -0.4 is 0 Å². The van der Waals surface area contributed by atoms with E-state index in [0.29, 0.717) is 11.1 Å². The first kappa shape index (κ1) is 17.9. The van der Waals surface area contributed by atoms with E-state index < -0.39 is 0 Å². The first-order valence-electron chi connectivity index (χ1n) is 8.04. The third-order valence-corrected chi connectivity index (χ3v) is 4.04. The topological polar surface area (TPSA) is 32.7 Å². The van der Waals surface area contributed by atoms with E-state index in [2.05, 4.69) is 11.9 Å². The maximum atomic E-state index is 13.7. The zero-order valence-corrected chi connectivity index (χ0v) is 14.6. The Morgan fingerprint density at radius 1 is 1.21 bits per heavy atom. The summed E-state index contributed by atoms with van der Waals surface area (Å²) in [5.41, 5.74) is 3.67. The van der Waals surface area contributed by atoms with Crippen LogP contribution in [0.5, 0.6) is 0 Å². The van der Waals surface area contributed by atoms with Gasteiger partial charge in [-0.15, -0.1) is 0 Å². The first-order chi connectivity index (χ1) is 11.4. The van der Waals surface area contributed by atoms with Crippen LogP contribution in [-0.2, 0) is 6.42 Å². The number of Topliss-reactive ketones (excluding diaryl/α,β-unsaturated/α-hetero) is 1. The van der Waals surface area contributed by atoms with Crippen molar-refractivity contribution in [3.63, 3.8) is 0 Å². The maximum absolute atomic E-state index is 13.7. The number of carbonyl (C=O) groups is 1. The second-order valence-electron chi connectivity index (χ2n) is 5.96. The molecular weight excluding hydrogens is 303 g/mol. The van der Waals surface area contributed by atoms with Crippen LogP contribution in [0, 0.1) is 19.7 Å². The van der Waals surface area contributed by atoms with Crippen LogP contribution in [0.2, 0.25) is 0 Å². The molecule has 0 fully saturated rings. The minimum atomic E-state index is -0.343. The van der Waals surface area contributed by atoms with E-state index in [0.717, 1.165) is 23.4 Å². The average Bonchev–Trinajstić information content (AvgIpc) is 2.56.